The topological polar surface area (TPSA) is 69.6 Å². The summed E-state index contributed by atoms with van der Waals surface area (Å²) in [6.07, 6.45) is 2.40. The number of hydrogen-bond donors (Lipinski definition) is 2. The van der Waals surface area contributed by atoms with Gasteiger partial charge in [-0.15, -0.1) is 6.58 Å². The van der Waals surface area contributed by atoms with Gasteiger partial charge in [0.25, 0.3) is 0 Å². The summed E-state index contributed by atoms with van der Waals surface area (Å²) in [5.41, 5.74) is 1.99. The van der Waals surface area contributed by atoms with Gasteiger partial charge >= 0.3 is 5.97 Å². The number of carboxylic acids is 1. The summed E-state index contributed by atoms with van der Waals surface area (Å²) in [7, 11) is 0. The number of nitrogens with zero attached hydrogens (tertiary/aromatic N) is 1. The van der Waals surface area contributed by atoms with E-state index in [0.717, 1.165) is 11.3 Å². The van der Waals surface area contributed by atoms with Crippen LogP contribution in [0.1, 0.15) is 15.9 Å². The lowest BCUT2D eigenvalue weighted by Crippen LogP contribution is -2.37. The zero-order valence-corrected chi connectivity index (χ0v) is 10.6. The van der Waals surface area contributed by atoms with Gasteiger partial charge in [0.15, 0.2) is 0 Å². The molecule has 0 aromatic heterocycles. The quantitative estimate of drug-likeness (QED) is 0.613. The van der Waals surface area contributed by atoms with Crippen LogP contribution in [0.25, 0.3) is 0 Å². The molecule has 1 aliphatic rings. The van der Waals surface area contributed by atoms with Crippen LogP contribution in [-0.2, 0) is 11.2 Å². The molecule has 19 heavy (non-hydrogen) atoms. The van der Waals surface area contributed by atoms with E-state index >= 15 is 0 Å². The van der Waals surface area contributed by atoms with Crippen LogP contribution < -0.4 is 10.2 Å². The van der Waals surface area contributed by atoms with E-state index in [1.165, 1.54) is 6.07 Å². The number of fused-ring (bicyclic) bond motifs is 1. The monoisotopic (exact) mass is 260 g/mol. The highest BCUT2D eigenvalue weighted by Crippen LogP contribution is 2.28. The Kier molecular flexibility index (Phi) is 3.97. The molecular formula is C14H16N2O3. The minimum absolute atomic E-state index is 0.0105. The first-order chi connectivity index (χ1) is 9.13. The lowest BCUT2D eigenvalue weighted by Gasteiger charge is -2.17. The zero-order valence-electron chi connectivity index (χ0n) is 10.6. The Morgan fingerprint density at radius 2 is 2.26 bits per heavy atom. The van der Waals surface area contributed by atoms with E-state index in [1.54, 1.807) is 23.1 Å². The fraction of sp³-hybridized carbons (Fsp3) is 0.286. The lowest BCUT2D eigenvalue weighted by atomic mass is 10.1. The minimum atomic E-state index is -0.944. The lowest BCUT2D eigenvalue weighted by molar-refractivity contribution is -0.117. The average molecular weight is 260 g/mol. The van der Waals surface area contributed by atoms with Crippen molar-refractivity contribution in [2.75, 3.05) is 24.5 Å². The molecule has 5 heteroatoms. The van der Waals surface area contributed by atoms with Crippen LogP contribution in [0.4, 0.5) is 5.69 Å². The smallest absolute Gasteiger partial charge is 0.335 e. The van der Waals surface area contributed by atoms with Gasteiger partial charge in [-0.2, -0.15) is 0 Å². The summed E-state index contributed by atoms with van der Waals surface area (Å²) < 4.78 is 0. The minimum Gasteiger partial charge on any atom is -0.478 e. The first kappa shape index (κ1) is 13.3. The standard InChI is InChI=1S/C14H16N2O3/c1-2-6-15-9-13(17)16-7-5-10-8-11(14(18)19)3-4-12(10)16/h2-4,8,15H,1,5-7,9H2,(H,18,19). The molecule has 0 saturated carbocycles. The summed E-state index contributed by atoms with van der Waals surface area (Å²) in [6, 6.07) is 4.88. The molecule has 1 aromatic rings. The summed E-state index contributed by atoms with van der Waals surface area (Å²) in [6.45, 7) is 5.02. The van der Waals surface area contributed by atoms with Gasteiger partial charge in [-0.3, -0.25) is 4.79 Å². The van der Waals surface area contributed by atoms with Crippen molar-refractivity contribution in [3.05, 3.63) is 42.0 Å². The number of nitrogens with one attached hydrogen (secondary N) is 1. The molecule has 0 fully saturated rings. The molecule has 1 aliphatic heterocycles. The van der Waals surface area contributed by atoms with E-state index < -0.39 is 5.97 Å². The summed E-state index contributed by atoms with van der Waals surface area (Å²) in [5, 5.41) is 11.9. The Balaban J connectivity index is 2.11. The van der Waals surface area contributed by atoms with Crippen molar-refractivity contribution in [1.29, 1.82) is 0 Å². The molecular weight excluding hydrogens is 244 g/mol. The fourth-order valence-corrected chi connectivity index (χ4v) is 2.17. The summed E-state index contributed by atoms with van der Waals surface area (Å²) in [4.78, 5) is 24.6. The van der Waals surface area contributed by atoms with Crippen molar-refractivity contribution in [1.82, 2.24) is 5.32 Å². The van der Waals surface area contributed by atoms with Gasteiger partial charge < -0.3 is 15.3 Å². The predicted octanol–water partition coefficient (Wildman–Crippen LogP) is 1.05. The highest BCUT2D eigenvalue weighted by atomic mass is 16.4. The van der Waals surface area contributed by atoms with Crippen molar-refractivity contribution in [3.63, 3.8) is 0 Å². The number of hydrogen-bond acceptors (Lipinski definition) is 3. The van der Waals surface area contributed by atoms with E-state index in [4.69, 9.17) is 5.11 Å². The maximum atomic E-state index is 12.0. The third-order valence-electron chi connectivity index (χ3n) is 3.09. The Hall–Kier alpha value is -2.14. The van der Waals surface area contributed by atoms with Crippen molar-refractivity contribution in [2.24, 2.45) is 0 Å². The van der Waals surface area contributed by atoms with Gasteiger partial charge in [-0.1, -0.05) is 6.08 Å². The summed E-state index contributed by atoms with van der Waals surface area (Å²) >= 11 is 0. The van der Waals surface area contributed by atoms with Crippen molar-refractivity contribution < 1.29 is 14.7 Å². The third kappa shape index (κ3) is 2.82. The molecule has 1 heterocycles. The molecule has 2 rings (SSSR count). The zero-order chi connectivity index (χ0) is 13.8. The summed E-state index contributed by atoms with van der Waals surface area (Å²) in [5.74, 6) is -0.955. The highest BCUT2D eigenvalue weighted by molar-refractivity contribution is 5.98. The van der Waals surface area contributed by atoms with E-state index in [-0.39, 0.29) is 18.0 Å². The predicted molar refractivity (Wildman–Crippen MR) is 72.5 cm³/mol. The average Bonchev–Trinajstić information content (AvgIpc) is 2.81. The number of anilines is 1. The van der Waals surface area contributed by atoms with Gasteiger partial charge in [0.2, 0.25) is 5.91 Å². The van der Waals surface area contributed by atoms with E-state index in [2.05, 4.69) is 11.9 Å². The van der Waals surface area contributed by atoms with Gasteiger partial charge in [-0.05, 0) is 30.2 Å². The number of carbonyl (C=O) groups is 2. The van der Waals surface area contributed by atoms with E-state index in [9.17, 15) is 9.59 Å². The SMILES string of the molecule is C=CCNCC(=O)N1CCc2cc(C(=O)O)ccc21. The van der Waals surface area contributed by atoms with E-state index in [0.29, 0.717) is 19.5 Å². The number of carboxylic acid groups (broad SMARTS) is 1. The number of aromatic carboxylic acids is 1. The fourth-order valence-electron chi connectivity index (χ4n) is 2.17. The molecule has 5 nitrogen and oxygen atoms in total. The normalized spacial score (nSPS) is 13.2. The van der Waals surface area contributed by atoms with Gasteiger partial charge in [0, 0.05) is 18.8 Å². The molecule has 0 aliphatic carbocycles. The first-order valence-corrected chi connectivity index (χ1v) is 6.11. The number of carbonyl (C=O) groups excluding carboxylic acids is 1. The maximum absolute atomic E-state index is 12.0. The largest absolute Gasteiger partial charge is 0.478 e. The van der Waals surface area contributed by atoms with Crippen LogP contribution in [0.3, 0.4) is 0 Å². The second kappa shape index (κ2) is 5.67. The molecule has 0 atom stereocenters. The second-order valence-corrected chi connectivity index (χ2v) is 4.36. The Labute approximate surface area is 111 Å². The highest BCUT2D eigenvalue weighted by Gasteiger charge is 2.24. The van der Waals surface area contributed by atoms with Crippen LogP contribution in [-0.4, -0.2) is 36.6 Å². The van der Waals surface area contributed by atoms with E-state index in [1.807, 2.05) is 0 Å². The van der Waals surface area contributed by atoms with Crippen LogP contribution in [0.5, 0.6) is 0 Å². The Morgan fingerprint density at radius 3 is 2.95 bits per heavy atom. The van der Waals surface area contributed by atoms with Crippen LogP contribution in [0.15, 0.2) is 30.9 Å². The van der Waals surface area contributed by atoms with Crippen molar-refractivity contribution >= 4 is 17.6 Å². The number of rotatable bonds is 5. The van der Waals surface area contributed by atoms with Gasteiger partial charge in [0.1, 0.15) is 0 Å². The molecule has 0 spiro atoms. The molecule has 0 bridgehead atoms. The third-order valence-corrected chi connectivity index (χ3v) is 3.09. The second-order valence-electron chi connectivity index (χ2n) is 4.36. The van der Waals surface area contributed by atoms with Crippen molar-refractivity contribution in [2.45, 2.75) is 6.42 Å². The molecule has 2 N–H and O–H groups in total. The molecule has 1 aromatic carbocycles. The molecule has 1 amide bonds. The number of amides is 1. The number of benzene rings is 1. The van der Waals surface area contributed by atoms with Gasteiger partial charge in [0.05, 0.1) is 12.1 Å². The van der Waals surface area contributed by atoms with Gasteiger partial charge in [-0.25, -0.2) is 4.79 Å². The maximum Gasteiger partial charge on any atom is 0.335 e. The van der Waals surface area contributed by atoms with Crippen LogP contribution in [0, 0.1) is 0 Å². The van der Waals surface area contributed by atoms with Crippen LogP contribution >= 0.6 is 0 Å². The molecule has 100 valence electrons. The Bertz CT molecular complexity index is 525. The molecule has 0 saturated heterocycles. The van der Waals surface area contributed by atoms with Crippen LogP contribution in [0.2, 0.25) is 0 Å². The molecule has 0 radical (unpaired) electrons. The Morgan fingerprint density at radius 1 is 1.47 bits per heavy atom. The first-order valence-electron chi connectivity index (χ1n) is 6.11. The molecule has 0 unspecified atom stereocenters. The van der Waals surface area contributed by atoms with Crippen molar-refractivity contribution in [3.8, 4) is 0 Å².